The zero-order chi connectivity index (χ0) is 18.7. The highest BCUT2D eigenvalue weighted by Gasteiger charge is 2.20. The minimum absolute atomic E-state index is 0.0894. The van der Waals surface area contributed by atoms with Crippen molar-refractivity contribution in [1.29, 1.82) is 5.26 Å². The summed E-state index contributed by atoms with van der Waals surface area (Å²) in [5.41, 5.74) is 2.99. The van der Waals surface area contributed by atoms with Crippen molar-refractivity contribution in [2.45, 2.75) is 26.4 Å². The fourth-order valence-electron chi connectivity index (χ4n) is 2.60. The Balaban J connectivity index is 1.73. The SMILES string of the molecule is Cc1cc(-c2noc(C(C)N(C)Cc3ccc(C#N)cc3)n2)ccc1F. The molecule has 0 spiro atoms. The molecule has 26 heavy (non-hydrogen) atoms. The Morgan fingerprint density at radius 1 is 1.23 bits per heavy atom. The maximum Gasteiger partial charge on any atom is 0.244 e. The summed E-state index contributed by atoms with van der Waals surface area (Å²) in [6, 6.07) is 14.2. The highest BCUT2D eigenvalue weighted by molar-refractivity contribution is 5.55. The highest BCUT2D eigenvalue weighted by Crippen LogP contribution is 2.24. The van der Waals surface area contributed by atoms with E-state index in [0.29, 0.717) is 29.4 Å². The second-order valence-corrected chi connectivity index (χ2v) is 6.32. The summed E-state index contributed by atoms with van der Waals surface area (Å²) in [5.74, 6) is 0.688. The standard InChI is InChI=1S/C20H19FN4O/c1-13-10-17(8-9-18(13)21)19-23-20(26-24-19)14(2)25(3)12-16-6-4-15(11-22)5-7-16/h4-10,14H,12H2,1-3H3. The predicted octanol–water partition coefficient (Wildman–Crippen LogP) is 4.25. The van der Waals surface area contributed by atoms with E-state index >= 15 is 0 Å². The first-order valence-electron chi connectivity index (χ1n) is 8.27. The Kier molecular flexibility index (Phi) is 5.10. The Hall–Kier alpha value is -3.04. The molecule has 0 fully saturated rings. The van der Waals surface area contributed by atoms with Crippen molar-refractivity contribution in [3.63, 3.8) is 0 Å². The van der Waals surface area contributed by atoms with Gasteiger partial charge in [0.25, 0.3) is 0 Å². The predicted molar refractivity (Wildman–Crippen MR) is 95.5 cm³/mol. The minimum Gasteiger partial charge on any atom is -0.337 e. The van der Waals surface area contributed by atoms with Crippen LogP contribution in [0.4, 0.5) is 4.39 Å². The van der Waals surface area contributed by atoms with Crippen LogP contribution < -0.4 is 0 Å². The van der Waals surface area contributed by atoms with Crippen molar-refractivity contribution in [2.75, 3.05) is 7.05 Å². The van der Waals surface area contributed by atoms with Gasteiger partial charge in [-0.05, 0) is 62.4 Å². The lowest BCUT2D eigenvalue weighted by atomic mass is 10.1. The van der Waals surface area contributed by atoms with Crippen molar-refractivity contribution < 1.29 is 8.91 Å². The highest BCUT2D eigenvalue weighted by atomic mass is 19.1. The number of nitriles is 1. The van der Waals surface area contributed by atoms with Gasteiger partial charge in [-0.3, -0.25) is 4.90 Å². The van der Waals surface area contributed by atoms with Gasteiger partial charge in [0.15, 0.2) is 0 Å². The monoisotopic (exact) mass is 350 g/mol. The van der Waals surface area contributed by atoms with Gasteiger partial charge in [-0.1, -0.05) is 17.3 Å². The van der Waals surface area contributed by atoms with Crippen LogP contribution in [0.5, 0.6) is 0 Å². The normalized spacial score (nSPS) is 12.2. The van der Waals surface area contributed by atoms with Gasteiger partial charge in [0.1, 0.15) is 5.82 Å². The van der Waals surface area contributed by atoms with Crippen LogP contribution in [0, 0.1) is 24.1 Å². The average molecular weight is 350 g/mol. The van der Waals surface area contributed by atoms with E-state index in [1.807, 2.05) is 26.1 Å². The third kappa shape index (κ3) is 3.79. The molecule has 0 aliphatic heterocycles. The van der Waals surface area contributed by atoms with Gasteiger partial charge in [0.05, 0.1) is 17.7 Å². The molecule has 2 aromatic carbocycles. The molecular weight excluding hydrogens is 331 g/mol. The van der Waals surface area contributed by atoms with Gasteiger partial charge < -0.3 is 4.52 Å². The van der Waals surface area contributed by atoms with E-state index in [4.69, 9.17) is 9.78 Å². The Morgan fingerprint density at radius 2 is 1.96 bits per heavy atom. The van der Waals surface area contributed by atoms with E-state index in [-0.39, 0.29) is 11.9 Å². The average Bonchev–Trinajstić information content (AvgIpc) is 3.14. The lowest BCUT2D eigenvalue weighted by Crippen LogP contribution is -2.22. The Bertz CT molecular complexity index is 943. The molecular formula is C20H19FN4O. The zero-order valence-corrected chi connectivity index (χ0v) is 14.9. The number of benzene rings is 2. The van der Waals surface area contributed by atoms with Gasteiger partial charge in [0.2, 0.25) is 11.7 Å². The molecule has 6 heteroatoms. The van der Waals surface area contributed by atoms with Crippen LogP contribution in [0.1, 0.15) is 35.5 Å². The maximum absolute atomic E-state index is 13.4. The van der Waals surface area contributed by atoms with Gasteiger partial charge >= 0.3 is 0 Å². The van der Waals surface area contributed by atoms with Crippen LogP contribution in [-0.2, 0) is 6.54 Å². The summed E-state index contributed by atoms with van der Waals surface area (Å²) in [7, 11) is 1.97. The van der Waals surface area contributed by atoms with Crippen LogP contribution >= 0.6 is 0 Å². The summed E-state index contributed by atoms with van der Waals surface area (Å²) in [4.78, 5) is 6.53. The summed E-state index contributed by atoms with van der Waals surface area (Å²) < 4.78 is 18.8. The van der Waals surface area contributed by atoms with E-state index < -0.39 is 0 Å². The number of rotatable bonds is 5. The lowest BCUT2D eigenvalue weighted by molar-refractivity contribution is 0.202. The van der Waals surface area contributed by atoms with Gasteiger partial charge in [-0.15, -0.1) is 0 Å². The van der Waals surface area contributed by atoms with Gasteiger partial charge in [0, 0.05) is 12.1 Å². The van der Waals surface area contributed by atoms with E-state index in [2.05, 4.69) is 21.1 Å². The molecule has 0 saturated heterocycles. The molecule has 5 nitrogen and oxygen atoms in total. The van der Waals surface area contributed by atoms with Gasteiger partial charge in [-0.25, -0.2) is 4.39 Å². The van der Waals surface area contributed by atoms with Crippen molar-refractivity contribution in [3.8, 4) is 17.5 Å². The fraction of sp³-hybridized carbons (Fsp3) is 0.250. The second-order valence-electron chi connectivity index (χ2n) is 6.32. The zero-order valence-electron chi connectivity index (χ0n) is 14.9. The summed E-state index contributed by atoms with van der Waals surface area (Å²) in [6.07, 6.45) is 0. The van der Waals surface area contributed by atoms with E-state index in [0.717, 1.165) is 11.1 Å². The third-order valence-electron chi connectivity index (χ3n) is 4.39. The van der Waals surface area contributed by atoms with Crippen LogP contribution in [0.15, 0.2) is 47.0 Å². The number of hydrogen-bond acceptors (Lipinski definition) is 5. The molecule has 1 aromatic heterocycles. The van der Waals surface area contributed by atoms with Crippen molar-refractivity contribution in [2.24, 2.45) is 0 Å². The molecule has 1 heterocycles. The lowest BCUT2D eigenvalue weighted by Gasteiger charge is -2.21. The Labute approximate surface area is 151 Å². The molecule has 0 aliphatic carbocycles. The molecule has 0 bridgehead atoms. The first-order chi connectivity index (χ1) is 12.5. The molecule has 0 radical (unpaired) electrons. The largest absolute Gasteiger partial charge is 0.337 e. The molecule has 1 atom stereocenters. The Morgan fingerprint density at radius 3 is 2.62 bits per heavy atom. The topological polar surface area (TPSA) is 66.0 Å². The summed E-state index contributed by atoms with van der Waals surface area (Å²) in [6.45, 7) is 4.37. The number of hydrogen-bond donors (Lipinski definition) is 0. The fourth-order valence-corrected chi connectivity index (χ4v) is 2.60. The first kappa shape index (κ1) is 17.8. The molecule has 132 valence electrons. The van der Waals surface area contributed by atoms with E-state index in [1.54, 1.807) is 31.2 Å². The number of aryl methyl sites for hydroxylation is 1. The second kappa shape index (κ2) is 7.46. The smallest absolute Gasteiger partial charge is 0.244 e. The molecule has 3 rings (SSSR count). The summed E-state index contributed by atoms with van der Waals surface area (Å²) >= 11 is 0. The molecule has 3 aromatic rings. The molecule has 0 N–H and O–H groups in total. The third-order valence-corrected chi connectivity index (χ3v) is 4.39. The molecule has 0 amide bonds. The van der Waals surface area contributed by atoms with Crippen LogP contribution in [-0.4, -0.2) is 22.1 Å². The molecule has 0 saturated carbocycles. The van der Waals surface area contributed by atoms with Gasteiger partial charge in [-0.2, -0.15) is 10.2 Å². The molecule has 0 aliphatic rings. The first-order valence-corrected chi connectivity index (χ1v) is 8.27. The van der Waals surface area contributed by atoms with Crippen LogP contribution in [0.25, 0.3) is 11.4 Å². The van der Waals surface area contributed by atoms with Crippen molar-refractivity contribution in [3.05, 3.63) is 70.9 Å². The van der Waals surface area contributed by atoms with E-state index in [1.165, 1.54) is 6.07 Å². The maximum atomic E-state index is 13.4. The number of aromatic nitrogens is 2. The summed E-state index contributed by atoms with van der Waals surface area (Å²) in [5, 5.41) is 12.9. The minimum atomic E-state index is -0.256. The van der Waals surface area contributed by atoms with E-state index in [9.17, 15) is 4.39 Å². The van der Waals surface area contributed by atoms with Crippen LogP contribution in [0.3, 0.4) is 0 Å². The van der Waals surface area contributed by atoms with Crippen molar-refractivity contribution >= 4 is 0 Å². The number of halogens is 1. The quantitative estimate of drug-likeness (QED) is 0.688. The molecule has 1 unspecified atom stereocenters. The van der Waals surface area contributed by atoms with Crippen LogP contribution in [0.2, 0.25) is 0 Å². The number of nitrogens with zero attached hydrogens (tertiary/aromatic N) is 4. The van der Waals surface area contributed by atoms with Crippen molar-refractivity contribution in [1.82, 2.24) is 15.0 Å².